The number of carbonyl (C=O) groups excluding carboxylic acids is 3. The Hall–Kier alpha value is -3.06. The second kappa shape index (κ2) is 7.16. The molecule has 1 aliphatic heterocycles. The minimum Gasteiger partial charge on any atom is -0.451 e. The predicted molar refractivity (Wildman–Crippen MR) is 108 cm³/mol. The summed E-state index contributed by atoms with van der Waals surface area (Å²) in [7, 11) is 0. The van der Waals surface area contributed by atoms with Crippen LogP contribution in [0.5, 0.6) is 0 Å². The van der Waals surface area contributed by atoms with Crippen LogP contribution in [-0.2, 0) is 9.53 Å². The van der Waals surface area contributed by atoms with Gasteiger partial charge < -0.3 is 15.0 Å². The number of fused-ring (bicyclic) bond motifs is 2. The van der Waals surface area contributed by atoms with Crippen molar-refractivity contribution in [1.82, 2.24) is 4.98 Å². The number of para-hydroxylation sites is 1. The second-order valence-electron chi connectivity index (χ2n) is 6.63. The molecule has 1 amide bonds. The Morgan fingerprint density at radius 3 is 2.79 bits per heavy atom. The third-order valence-corrected chi connectivity index (χ3v) is 5.71. The SMILES string of the molecule is Cc1[nH]c2ccccc2c1C(=O)[C@@H](C)OC(=O)c1ccc2c(c1)NC(=O)CS2. The van der Waals surface area contributed by atoms with Crippen LogP contribution in [0.3, 0.4) is 0 Å². The molecule has 4 rings (SSSR count). The number of aryl methyl sites for hydroxylation is 1. The highest BCUT2D eigenvalue weighted by molar-refractivity contribution is 8.00. The van der Waals surface area contributed by atoms with E-state index in [1.165, 1.54) is 11.8 Å². The monoisotopic (exact) mass is 394 g/mol. The normalized spacial score (nSPS) is 14.3. The Morgan fingerprint density at radius 1 is 1.18 bits per heavy atom. The van der Waals surface area contributed by atoms with E-state index in [0.717, 1.165) is 21.5 Å². The molecule has 0 radical (unpaired) electrons. The maximum Gasteiger partial charge on any atom is 0.338 e. The summed E-state index contributed by atoms with van der Waals surface area (Å²) in [5, 5.41) is 3.55. The molecule has 6 nitrogen and oxygen atoms in total. The molecule has 1 aliphatic rings. The lowest BCUT2D eigenvalue weighted by Crippen LogP contribution is -2.25. The van der Waals surface area contributed by atoms with E-state index >= 15 is 0 Å². The largest absolute Gasteiger partial charge is 0.451 e. The summed E-state index contributed by atoms with van der Waals surface area (Å²) in [5.74, 6) is -0.621. The van der Waals surface area contributed by atoms with Crippen molar-refractivity contribution in [3.8, 4) is 0 Å². The number of rotatable bonds is 4. The van der Waals surface area contributed by atoms with Gasteiger partial charge in [-0.15, -0.1) is 11.8 Å². The van der Waals surface area contributed by atoms with Crippen LogP contribution in [0.2, 0.25) is 0 Å². The molecule has 0 unspecified atom stereocenters. The van der Waals surface area contributed by atoms with Gasteiger partial charge in [-0.1, -0.05) is 18.2 Å². The standard InChI is InChI=1S/C21H18N2O4S/c1-11-19(14-5-3-4-6-15(14)22-11)20(25)12(2)27-21(26)13-7-8-17-16(9-13)23-18(24)10-28-17/h3-9,12,22H,10H2,1-2H3,(H,23,24)/t12-/m1/s1. The fourth-order valence-electron chi connectivity index (χ4n) is 3.29. The van der Waals surface area contributed by atoms with Crippen LogP contribution < -0.4 is 5.32 Å². The van der Waals surface area contributed by atoms with Gasteiger partial charge in [-0.25, -0.2) is 4.79 Å². The van der Waals surface area contributed by atoms with E-state index in [2.05, 4.69) is 10.3 Å². The average Bonchev–Trinajstić information content (AvgIpc) is 3.02. The molecular weight excluding hydrogens is 376 g/mol. The smallest absolute Gasteiger partial charge is 0.338 e. The number of hydrogen-bond acceptors (Lipinski definition) is 5. The number of ether oxygens (including phenoxy) is 1. The quantitative estimate of drug-likeness (QED) is 0.517. The lowest BCUT2D eigenvalue weighted by atomic mass is 10.0. The Morgan fingerprint density at radius 2 is 1.96 bits per heavy atom. The van der Waals surface area contributed by atoms with Crippen LogP contribution in [0.1, 0.15) is 33.3 Å². The number of ketones is 1. The fraction of sp³-hybridized carbons (Fsp3) is 0.190. The number of amides is 1. The zero-order valence-electron chi connectivity index (χ0n) is 15.4. The topological polar surface area (TPSA) is 88.3 Å². The van der Waals surface area contributed by atoms with Gasteiger partial charge in [0.25, 0.3) is 0 Å². The van der Waals surface area contributed by atoms with Crippen LogP contribution >= 0.6 is 11.8 Å². The number of aromatic amines is 1. The minimum atomic E-state index is -0.939. The van der Waals surface area contributed by atoms with Crippen molar-refractivity contribution in [3.63, 3.8) is 0 Å². The highest BCUT2D eigenvalue weighted by Gasteiger charge is 2.25. The van der Waals surface area contributed by atoms with Crippen LogP contribution in [0.4, 0.5) is 5.69 Å². The Kier molecular flexibility index (Phi) is 4.68. The van der Waals surface area contributed by atoms with Crippen molar-refractivity contribution in [2.75, 3.05) is 11.1 Å². The molecule has 0 saturated carbocycles. The maximum absolute atomic E-state index is 12.9. The van der Waals surface area contributed by atoms with E-state index in [1.54, 1.807) is 25.1 Å². The van der Waals surface area contributed by atoms with Gasteiger partial charge in [0.1, 0.15) is 0 Å². The number of nitrogens with one attached hydrogen (secondary N) is 2. The van der Waals surface area contributed by atoms with Gasteiger partial charge in [-0.2, -0.15) is 0 Å². The van der Waals surface area contributed by atoms with Gasteiger partial charge in [0.2, 0.25) is 11.7 Å². The van der Waals surface area contributed by atoms with Crippen molar-refractivity contribution in [3.05, 3.63) is 59.3 Å². The molecular formula is C21H18N2O4S. The van der Waals surface area contributed by atoms with Gasteiger partial charge in [-0.05, 0) is 38.1 Å². The molecule has 3 aromatic rings. The van der Waals surface area contributed by atoms with Gasteiger partial charge in [0.15, 0.2) is 6.10 Å². The molecule has 2 aromatic carbocycles. The number of aromatic nitrogens is 1. The third kappa shape index (κ3) is 3.29. The van der Waals surface area contributed by atoms with E-state index in [9.17, 15) is 14.4 Å². The first-order valence-corrected chi connectivity index (χ1v) is 9.82. The summed E-state index contributed by atoms with van der Waals surface area (Å²) < 4.78 is 5.42. The zero-order chi connectivity index (χ0) is 19.8. The molecule has 2 N–H and O–H groups in total. The fourth-order valence-corrected chi connectivity index (χ4v) is 4.08. The van der Waals surface area contributed by atoms with Crippen molar-refractivity contribution < 1.29 is 19.1 Å². The lowest BCUT2D eigenvalue weighted by molar-refractivity contribution is -0.113. The number of carbonyl (C=O) groups is 3. The van der Waals surface area contributed by atoms with Gasteiger partial charge in [0, 0.05) is 27.1 Å². The number of H-pyrrole nitrogens is 1. The Labute approximate surface area is 165 Å². The molecule has 7 heteroatoms. The molecule has 142 valence electrons. The maximum atomic E-state index is 12.9. The predicted octanol–water partition coefficient (Wildman–Crippen LogP) is 3.95. The van der Waals surface area contributed by atoms with Gasteiger partial charge in [0.05, 0.1) is 17.0 Å². The van der Waals surface area contributed by atoms with E-state index in [-0.39, 0.29) is 17.3 Å². The van der Waals surface area contributed by atoms with Gasteiger partial charge >= 0.3 is 5.97 Å². The number of esters is 1. The van der Waals surface area contributed by atoms with E-state index in [0.29, 0.717) is 17.0 Å². The summed E-state index contributed by atoms with van der Waals surface area (Å²) in [4.78, 5) is 41.1. The Bertz CT molecular complexity index is 1120. The first-order chi connectivity index (χ1) is 13.4. The molecule has 0 fully saturated rings. The Balaban J connectivity index is 1.54. The molecule has 1 aromatic heterocycles. The van der Waals surface area contributed by atoms with Crippen molar-refractivity contribution in [1.29, 1.82) is 0 Å². The minimum absolute atomic E-state index is 0.110. The first kappa shape index (κ1) is 18.3. The van der Waals surface area contributed by atoms with Crippen molar-refractivity contribution in [2.24, 2.45) is 0 Å². The highest BCUT2D eigenvalue weighted by Crippen LogP contribution is 2.32. The summed E-state index contributed by atoms with van der Waals surface area (Å²) in [6.45, 7) is 3.39. The number of benzene rings is 2. The molecule has 2 heterocycles. The number of hydrogen-bond donors (Lipinski definition) is 2. The first-order valence-electron chi connectivity index (χ1n) is 8.83. The number of thioether (sulfide) groups is 1. The van der Waals surface area contributed by atoms with Crippen LogP contribution in [0, 0.1) is 6.92 Å². The molecule has 1 atom stereocenters. The summed E-state index contributed by atoms with van der Waals surface area (Å²) >= 11 is 1.42. The molecule has 0 bridgehead atoms. The molecule has 0 aliphatic carbocycles. The van der Waals surface area contributed by atoms with Gasteiger partial charge in [-0.3, -0.25) is 9.59 Å². The summed E-state index contributed by atoms with van der Waals surface area (Å²) in [6, 6.07) is 12.5. The summed E-state index contributed by atoms with van der Waals surface area (Å²) in [5.41, 5.74) is 3.01. The number of anilines is 1. The molecule has 0 saturated heterocycles. The second-order valence-corrected chi connectivity index (χ2v) is 7.65. The molecule has 0 spiro atoms. The van der Waals surface area contributed by atoms with E-state index < -0.39 is 12.1 Å². The van der Waals surface area contributed by atoms with E-state index in [4.69, 9.17) is 4.74 Å². The van der Waals surface area contributed by atoms with Crippen LogP contribution in [0.25, 0.3) is 10.9 Å². The van der Waals surface area contributed by atoms with Crippen LogP contribution in [0.15, 0.2) is 47.4 Å². The average molecular weight is 394 g/mol. The van der Waals surface area contributed by atoms with Crippen molar-refractivity contribution in [2.45, 2.75) is 24.8 Å². The van der Waals surface area contributed by atoms with Crippen LogP contribution in [-0.4, -0.2) is 34.5 Å². The lowest BCUT2D eigenvalue weighted by Gasteiger charge is -2.17. The van der Waals surface area contributed by atoms with E-state index in [1.807, 2.05) is 31.2 Å². The highest BCUT2D eigenvalue weighted by atomic mass is 32.2. The number of Topliss-reactive ketones (excluding diaryl/α,β-unsaturated/α-hetero) is 1. The van der Waals surface area contributed by atoms with Crippen molar-refractivity contribution >= 4 is 46.0 Å². The molecule has 28 heavy (non-hydrogen) atoms. The summed E-state index contributed by atoms with van der Waals surface area (Å²) in [6.07, 6.45) is -0.939. The third-order valence-electron chi connectivity index (χ3n) is 4.64. The zero-order valence-corrected chi connectivity index (χ0v) is 16.2.